The van der Waals surface area contributed by atoms with Crippen molar-refractivity contribution in [2.75, 3.05) is 0 Å². The van der Waals surface area contributed by atoms with E-state index in [9.17, 15) is 0 Å². The summed E-state index contributed by atoms with van der Waals surface area (Å²) >= 11 is 1.23. The molecule has 0 aliphatic carbocycles. The normalized spacial score (nSPS) is 10.7. The summed E-state index contributed by atoms with van der Waals surface area (Å²) in [5, 5.41) is 4.79. The van der Waals surface area contributed by atoms with Gasteiger partial charge in [-0.3, -0.25) is 0 Å². The molecule has 0 fully saturated rings. The molecule has 0 saturated carbocycles. The average molecular weight is 443 g/mol. The van der Waals surface area contributed by atoms with Crippen molar-refractivity contribution in [2.24, 2.45) is 0 Å². The Kier molecular flexibility index (Phi) is 7.20. The number of hydrogen-bond donors (Lipinski definition) is 0. The number of hydrogen-bond acceptors (Lipinski definition) is 0. The van der Waals surface area contributed by atoms with Gasteiger partial charge >= 0.3 is 158 Å². The van der Waals surface area contributed by atoms with Crippen molar-refractivity contribution in [1.82, 2.24) is 0 Å². The maximum absolute atomic E-state index is 3.65. The summed E-state index contributed by atoms with van der Waals surface area (Å²) < 4.78 is 0. The van der Waals surface area contributed by atoms with Gasteiger partial charge in [0, 0.05) is 0 Å². The van der Waals surface area contributed by atoms with Gasteiger partial charge in [-0.1, -0.05) is 0 Å². The van der Waals surface area contributed by atoms with Gasteiger partial charge in [-0.15, -0.1) is 0 Å². The van der Waals surface area contributed by atoms with Crippen LogP contribution in [0.25, 0.3) is 0 Å². The van der Waals surface area contributed by atoms with E-state index in [4.69, 9.17) is 0 Å². The van der Waals surface area contributed by atoms with Crippen molar-refractivity contribution < 1.29 is 0 Å². The van der Waals surface area contributed by atoms with Gasteiger partial charge in [0.2, 0.25) is 0 Å². The van der Waals surface area contributed by atoms with Crippen LogP contribution in [-0.2, 0) is 21.3 Å². The summed E-state index contributed by atoms with van der Waals surface area (Å²) in [4.78, 5) is 0. The summed E-state index contributed by atoms with van der Waals surface area (Å²) in [5.41, 5.74) is 5.69. The Hall–Kier alpha value is -1.30. The fraction of sp³-hybridized carbons (Fsp3) is 0.182. The van der Waals surface area contributed by atoms with E-state index in [0.29, 0.717) is 29.9 Å². The Morgan fingerprint density at radius 1 is 0.500 bits per heavy atom. The van der Waals surface area contributed by atoms with E-state index in [0.717, 1.165) is 0 Å². The third kappa shape index (κ3) is 5.96. The number of rotatable bonds is 8. The molecule has 121 valence electrons. The molecule has 0 aliphatic heterocycles. The second kappa shape index (κ2) is 9.86. The van der Waals surface area contributed by atoms with E-state index in [1.807, 2.05) is 0 Å². The molecule has 0 saturated heterocycles. The van der Waals surface area contributed by atoms with Gasteiger partial charge in [-0.25, -0.2) is 0 Å². The van der Waals surface area contributed by atoms with Crippen molar-refractivity contribution in [2.45, 2.75) is 21.3 Å². The van der Waals surface area contributed by atoms with Crippen molar-refractivity contribution in [3.63, 3.8) is 0 Å². The van der Waals surface area contributed by atoms with E-state index in [-0.39, 0.29) is 0 Å². The first-order valence-electron chi connectivity index (χ1n) is 8.13. The van der Waals surface area contributed by atoms with Gasteiger partial charge in [-0.05, 0) is 0 Å². The predicted molar refractivity (Wildman–Crippen MR) is 104 cm³/mol. The third-order valence-electron chi connectivity index (χ3n) is 3.65. The van der Waals surface area contributed by atoms with Crippen molar-refractivity contribution in [3.8, 4) is 0 Å². The minimum absolute atomic E-state index is 0.617. The van der Waals surface area contributed by atoms with E-state index in [2.05, 4.69) is 84.9 Å². The molecule has 3 aromatic rings. The second-order valence-corrected chi connectivity index (χ2v) is 9.79. The van der Waals surface area contributed by atoms with Crippen LogP contribution in [-0.4, -0.2) is 29.9 Å². The molecule has 0 heterocycles. The van der Waals surface area contributed by atoms with Crippen LogP contribution in [0, 0.1) is 6.07 Å². The molecule has 0 amide bonds. The molecule has 1 radical (unpaired) electrons. The molecule has 0 unspecified atom stereocenters. The molecule has 0 atom stereocenters. The molecule has 0 bridgehead atoms. The molecule has 2 heteroatoms. The molecular weight excluding hydrogens is 422 g/mol. The van der Waals surface area contributed by atoms with Crippen LogP contribution in [0.1, 0.15) is 22.3 Å². The van der Waals surface area contributed by atoms with Gasteiger partial charge in [-0.2, -0.15) is 0 Å². The Balaban J connectivity index is 1.45. The first kappa shape index (κ1) is 17.5. The molecule has 3 aromatic carbocycles. The first-order valence-corrected chi connectivity index (χ1v) is 13.0. The van der Waals surface area contributed by atoms with Gasteiger partial charge in [0.25, 0.3) is 0 Å². The van der Waals surface area contributed by atoms with Crippen molar-refractivity contribution in [1.29, 1.82) is 0 Å². The average Bonchev–Trinajstić information content (AvgIpc) is 2.64. The maximum atomic E-state index is 3.65. The van der Waals surface area contributed by atoms with Gasteiger partial charge in [0.1, 0.15) is 0 Å². The predicted octanol–water partition coefficient (Wildman–Crippen LogP) is 4.30. The fourth-order valence-corrected chi connectivity index (χ4v) is 6.30. The Morgan fingerprint density at radius 2 is 0.958 bits per heavy atom. The molecular formula is C22H21Se2. The molecule has 24 heavy (non-hydrogen) atoms. The zero-order chi connectivity index (χ0) is 16.5. The molecule has 3 rings (SSSR count). The van der Waals surface area contributed by atoms with Crippen molar-refractivity contribution >= 4 is 29.9 Å². The Bertz CT molecular complexity index is 662. The van der Waals surface area contributed by atoms with Crippen LogP contribution < -0.4 is 0 Å². The fourth-order valence-electron chi connectivity index (χ4n) is 2.44. The molecule has 0 spiro atoms. The van der Waals surface area contributed by atoms with Crippen molar-refractivity contribution in [3.05, 3.63) is 107 Å². The quantitative estimate of drug-likeness (QED) is 0.456. The molecule has 0 aromatic heterocycles. The Morgan fingerprint density at radius 3 is 1.42 bits per heavy atom. The van der Waals surface area contributed by atoms with E-state index in [1.165, 1.54) is 43.5 Å². The van der Waals surface area contributed by atoms with E-state index in [1.54, 1.807) is 0 Å². The SMILES string of the molecule is [c]1c(C[Se]Cc2ccccc2)cccc1C[Se]Cc1ccccc1. The standard InChI is InChI=1S/C22H21Se2/c1-3-8-19(9-4-1)15-23-17-21-12-7-13-22(14-21)18-24-16-20-10-5-2-6-11-20/h1-13H,15-18H2. The van der Waals surface area contributed by atoms with Crippen LogP contribution in [0.5, 0.6) is 0 Å². The first-order chi connectivity index (χ1) is 11.9. The molecule has 0 nitrogen and oxygen atoms in total. The molecule has 0 N–H and O–H groups in total. The third-order valence-corrected chi connectivity index (χ3v) is 8.07. The van der Waals surface area contributed by atoms with Crippen LogP contribution in [0.3, 0.4) is 0 Å². The van der Waals surface area contributed by atoms with Crippen LogP contribution in [0.15, 0.2) is 78.9 Å². The monoisotopic (exact) mass is 445 g/mol. The van der Waals surface area contributed by atoms with Crippen LogP contribution >= 0.6 is 0 Å². The summed E-state index contributed by atoms with van der Waals surface area (Å²) in [6.07, 6.45) is 0. The van der Waals surface area contributed by atoms with Gasteiger partial charge < -0.3 is 0 Å². The summed E-state index contributed by atoms with van der Waals surface area (Å²) in [6.45, 7) is 0. The topological polar surface area (TPSA) is 0 Å². The Labute approximate surface area is 158 Å². The van der Waals surface area contributed by atoms with Gasteiger partial charge in [0.05, 0.1) is 0 Å². The summed E-state index contributed by atoms with van der Waals surface area (Å²) in [7, 11) is 0. The summed E-state index contributed by atoms with van der Waals surface area (Å²) in [5.74, 6) is 0. The van der Waals surface area contributed by atoms with E-state index < -0.39 is 0 Å². The number of benzene rings is 3. The van der Waals surface area contributed by atoms with Crippen LogP contribution in [0.4, 0.5) is 0 Å². The van der Waals surface area contributed by atoms with E-state index >= 15 is 0 Å². The minimum atomic E-state index is 0.617. The zero-order valence-electron chi connectivity index (χ0n) is 13.7. The van der Waals surface area contributed by atoms with Crippen LogP contribution in [0.2, 0.25) is 0 Å². The van der Waals surface area contributed by atoms with Gasteiger partial charge in [0.15, 0.2) is 0 Å². The second-order valence-electron chi connectivity index (χ2n) is 5.66. The summed E-state index contributed by atoms with van der Waals surface area (Å²) in [6, 6.07) is 32.0. The molecule has 0 aliphatic rings. The zero-order valence-corrected chi connectivity index (χ0v) is 17.1.